The van der Waals surface area contributed by atoms with E-state index in [1.165, 1.54) is 43.7 Å². The van der Waals surface area contributed by atoms with E-state index in [1.54, 1.807) is 0 Å². The quantitative estimate of drug-likeness (QED) is 0.770. The summed E-state index contributed by atoms with van der Waals surface area (Å²) in [5.74, 6) is 4.28. The fraction of sp³-hybridized carbons (Fsp3) is 0.909. The fourth-order valence-corrected chi connectivity index (χ4v) is 3.92. The number of guanidine groups is 1. The number of nitrogens with two attached hydrogens (primary N) is 1. The lowest BCUT2D eigenvalue weighted by molar-refractivity contribution is 0.179. The van der Waals surface area contributed by atoms with Gasteiger partial charge < -0.3 is 10.6 Å². The third-order valence-electron chi connectivity index (χ3n) is 3.95. The average Bonchev–Trinajstić information content (AvgIpc) is 3.03. The van der Waals surface area contributed by atoms with E-state index in [-0.39, 0.29) is 0 Å². The second-order valence-corrected chi connectivity index (χ2v) is 6.29. The van der Waals surface area contributed by atoms with E-state index in [0.29, 0.717) is 5.54 Å². The van der Waals surface area contributed by atoms with Crippen LogP contribution >= 0.6 is 11.8 Å². The molecule has 2 fully saturated rings. The zero-order valence-corrected chi connectivity index (χ0v) is 9.93. The molecule has 1 saturated heterocycles. The minimum absolute atomic E-state index is 0.317. The lowest BCUT2D eigenvalue weighted by Gasteiger charge is -2.42. The lowest BCUT2D eigenvalue weighted by Crippen LogP contribution is -2.54. The Labute approximate surface area is 95.5 Å². The molecule has 0 unspecified atom stereocenters. The number of nitrogens with zero attached hydrogens (tertiary/aromatic N) is 2. The van der Waals surface area contributed by atoms with Crippen LogP contribution in [-0.4, -0.2) is 41.0 Å². The summed E-state index contributed by atoms with van der Waals surface area (Å²) in [5, 5.41) is 0. The first-order chi connectivity index (χ1) is 7.30. The van der Waals surface area contributed by atoms with Crippen LogP contribution in [0.4, 0.5) is 0 Å². The summed E-state index contributed by atoms with van der Waals surface area (Å²) < 4.78 is 0. The monoisotopic (exact) mass is 225 g/mol. The summed E-state index contributed by atoms with van der Waals surface area (Å²) in [4.78, 5) is 6.92. The van der Waals surface area contributed by atoms with Gasteiger partial charge >= 0.3 is 0 Å². The van der Waals surface area contributed by atoms with Crippen molar-refractivity contribution in [2.24, 2.45) is 16.6 Å². The molecule has 0 aromatic carbocycles. The number of thioether (sulfide) groups is 1. The molecular weight excluding hydrogens is 206 g/mol. The Morgan fingerprint density at radius 3 is 2.80 bits per heavy atom. The number of aliphatic imine (C=N–C) groups is 1. The third kappa shape index (κ3) is 1.73. The summed E-state index contributed by atoms with van der Waals surface area (Å²) >= 11 is 2.08. The van der Waals surface area contributed by atoms with E-state index in [4.69, 9.17) is 5.73 Å². The maximum absolute atomic E-state index is 6.03. The van der Waals surface area contributed by atoms with E-state index in [1.807, 2.05) is 0 Å². The van der Waals surface area contributed by atoms with Crippen LogP contribution in [0.25, 0.3) is 0 Å². The predicted molar refractivity (Wildman–Crippen MR) is 65.2 cm³/mol. The Bertz CT molecular complexity index is 280. The molecule has 2 heterocycles. The zero-order valence-electron chi connectivity index (χ0n) is 9.11. The van der Waals surface area contributed by atoms with Crippen molar-refractivity contribution in [2.75, 3.05) is 24.6 Å². The molecule has 0 aromatic heterocycles. The van der Waals surface area contributed by atoms with Crippen LogP contribution in [0.15, 0.2) is 4.99 Å². The second kappa shape index (κ2) is 3.58. The van der Waals surface area contributed by atoms with Crippen molar-refractivity contribution >= 4 is 17.7 Å². The van der Waals surface area contributed by atoms with Crippen molar-refractivity contribution in [1.82, 2.24) is 4.90 Å². The minimum atomic E-state index is 0.317. The van der Waals surface area contributed by atoms with Gasteiger partial charge in [-0.05, 0) is 43.1 Å². The van der Waals surface area contributed by atoms with Crippen molar-refractivity contribution < 1.29 is 0 Å². The molecule has 3 nitrogen and oxygen atoms in total. The number of hydrogen-bond donors (Lipinski definition) is 1. The Hall–Kier alpha value is -0.380. The number of hydrogen-bond acceptors (Lipinski definition) is 4. The summed E-state index contributed by atoms with van der Waals surface area (Å²) in [5.41, 5.74) is 6.35. The smallest absolute Gasteiger partial charge is 0.191 e. The van der Waals surface area contributed by atoms with Gasteiger partial charge in [0.25, 0.3) is 0 Å². The molecule has 4 heteroatoms. The predicted octanol–water partition coefficient (Wildman–Crippen LogP) is 1.29. The summed E-state index contributed by atoms with van der Waals surface area (Å²) in [6, 6.07) is 0. The molecule has 84 valence electrons. The summed E-state index contributed by atoms with van der Waals surface area (Å²) in [7, 11) is 0. The van der Waals surface area contributed by atoms with Crippen molar-refractivity contribution in [2.45, 2.75) is 31.2 Å². The Balaban J connectivity index is 1.75. The van der Waals surface area contributed by atoms with Crippen LogP contribution in [0, 0.1) is 5.92 Å². The van der Waals surface area contributed by atoms with E-state index in [0.717, 1.165) is 18.4 Å². The van der Waals surface area contributed by atoms with E-state index in [2.05, 4.69) is 21.7 Å². The van der Waals surface area contributed by atoms with Gasteiger partial charge in [-0.3, -0.25) is 4.99 Å². The van der Waals surface area contributed by atoms with Crippen LogP contribution in [-0.2, 0) is 0 Å². The Morgan fingerprint density at radius 1 is 1.40 bits per heavy atom. The average molecular weight is 225 g/mol. The van der Waals surface area contributed by atoms with Crippen molar-refractivity contribution in [3.63, 3.8) is 0 Å². The van der Waals surface area contributed by atoms with Crippen molar-refractivity contribution in [3.05, 3.63) is 0 Å². The first-order valence-corrected chi connectivity index (χ1v) is 7.11. The largest absolute Gasteiger partial charge is 0.370 e. The van der Waals surface area contributed by atoms with Gasteiger partial charge in [-0.25, -0.2) is 0 Å². The molecule has 0 aromatic rings. The van der Waals surface area contributed by atoms with Crippen LogP contribution in [0.5, 0.6) is 0 Å². The molecule has 1 aliphatic carbocycles. The van der Waals surface area contributed by atoms with Gasteiger partial charge in [0.15, 0.2) is 5.96 Å². The van der Waals surface area contributed by atoms with Gasteiger partial charge in [0.1, 0.15) is 0 Å². The minimum Gasteiger partial charge on any atom is -0.370 e. The Morgan fingerprint density at radius 2 is 2.13 bits per heavy atom. The van der Waals surface area contributed by atoms with Crippen LogP contribution in [0.2, 0.25) is 0 Å². The first kappa shape index (κ1) is 9.82. The van der Waals surface area contributed by atoms with Crippen LogP contribution in [0.3, 0.4) is 0 Å². The van der Waals surface area contributed by atoms with Crippen LogP contribution < -0.4 is 5.73 Å². The topological polar surface area (TPSA) is 41.6 Å². The van der Waals surface area contributed by atoms with Crippen molar-refractivity contribution in [1.29, 1.82) is 0 Å². The molecule has 0 radical (unpaired) electrons. The highest BCUT2D eigenvalue weighted by Crippen LogP contribution is 2.39. The molecule has 0 bridgehead atoms. The van der Waals surface area contributed by atoms with Gasteiger partial charge in [-0.1, -0.05) is 0 Å². The second-order valence-electron chi connectivity index (χ2n) is 5.07. The Kier molecular flexibility index (Phi) is 2.34. The lowest BCUT2D eigenvalue weighted by atomic mass is 9.91. The molecule has 3 aliphatic rings. The van der Waals surface area contributed by atoms with Gasteiger partial charge in [-0.2, -0.15) is 11.8 Å². The highest BCUT2D eigenvalue weighted by atomic mass is 32.2. The fourth-order valence-electron chi connectivity index (χ4n) is 2.67. The third-order valence-corrected chi connectivity index (χ3v) is 4.93. The van der Waals surface area contributed by atoms with Gasteiger partial charge in [0.05, 0.1) is 12.1 Å². The molecule has 2 aliphatic heterocycles. The van der Waals surface area contributed by atoms with Crippen molar-refractivity contribution in [3.8, 4) is 0 Å². The van der Waals surface area contributed by atoms with Gasteiger partial charge in [-0.15, -0.1) is 0 Å². The molecular formula is C11H19N3S. The number of rotatable bonds is 2. The van der Waals surface area contributed by atoms with E-state index in [9.17, 15) is 0 Å². The highest BCUT2D eigenvalue weighted by molar-refractivity contribution is 7.99. The molecule has 2 N–H and O–H groups in total. The molecule has 15 heavy (non-hydrogen) atoms. The zero-order chi connectivity index (χ0) is 10.3. The highest BCUT2D eigenvalue weighted by Gasteiger charge is 2.44. The molecule has 1 saturated carbocycles. The molecule has 0 atom stereocenters. The molecule has 0 amide bonds. The molecule has 1 spiro atoms. The first-order valence-electron chi connectivity index (χ1n) is 5.95. The summed E-state index contributed by atoms with van der Waals surface area (Å²) in [6.45, 7) is 2.12. The maximum Gasteiger partial charge on any atom is 0.191 e. The van der Waals surface area contributed by atoms with Gasteiger partial charge in [0.2, 0.25) is 0 Å². The van der Waals surface area contributed by atoms with Gasteiger partial charge in [0, 0.05) is 6.54 Å². The summed E-state index contributed by atoms with van der Waals surface area (Å²) in [6.07, 6.45) is 5.34. The normalized spacial score (nSPS) is 29.6. The molecule has 3 rings (SSSR count). The SMILES string of the molecule is NC1=NCC2(CCSCC2)N1CC1CC1. The maximum atomic E-state index is 6.03. The van der Waals surface area contributed by atoms with Crippen LogP contribution in [0.1, 0.15) is 25.7 Å². The standard InChI is InChI=1S/C11H19N3S/c12-10-13-8-11(3-5-15-6-4-11)14(10)7-9-1-2-9/h9H,1-8H2,(H2,12,13). The van der Waals surface area contributed by atoms with E-state index < -0.39 is 0 Å². The van der Waals surface area contributed by atoms with E-state index >= 15 is 0 Å².